The maximum absolute atomic E-state index is 13.0. The first-order valence-electron chi connectivity index (χ1n) is 11.2. The largest absolute Gasteiger partial charge is 0.462 e. The lowest BCUT2D eigenvalue weighted by atomic mass is 9.89. The van der Waals surface area contributed by atoms with Crippen LogP contribution < -0.4 is 14.9 Å². The summed E-state index contributed by atoms with van der Waals surface area (Å²) in [6, 6.07) is 11.0. The van der Waals surface area contributed by atoms with Gasteiger partial charge in [-0.2, -0.15) is 0 Å². The van der Waals surface area contributed by atoms with E-state index in [0.717, 1.165) is 32.1 Å². The zero-order valence-corrected chi connectivity index (χ0v) is 18.7. The van der Waals surface area contributed by atoms with E-state index in [4.69, 9.17) is 18.6 Å². The molecule has 0 amide bonds. The van der Waals surface area contributed by atoms with Gasteiger partial charge in [-0.1, -0.05) is 19.3 Å². The van der Waals surface area contributed by atoms with Crippen LogP contribution in [0, 0.1) is 12.8 Å². The van der Waals surface area contributed by atoms with Crippen molar-refractivity contribution in [3.63, 3.8) is 0 Å². The molecule has 172 valence electrons. The standard InChI is InChI=1S/C26H26O7/c1-3-30-25(28)18-9-11-19(12-10-18)32-24-16(2)31-22-15-20(13-14-21(22)23(24)27)33-26(29)17-7-5-4-6-8-17/h9-15,17H,3-8H2,1-2H3. The van der Waals surface area contributed by atoms with E-state index in [1.807, 2.05) is 0 Å². The van der Waals surface area contributed by atoms with E-state index < -0.39 is 5.97 Å². The van der Waals surface area contributed by atoms with Gasteiger partial charge in [0.25, 0.3) is 0 Å². The lowest BCUT2D eigenvalue weighted by molar-refractivity contribution is -0.139. The van der Waals surface area contributed by atoms with E-state index in [0.29, 0.717) is 28.0 Å². The fourth-order valence-electron chi connectivity index (χ4n) is 3.98. The molecule has 1 saturated carbocycles. The van der Waals surface area contributed by atoms with Gasteiger partial charge in [0.05, 0.1) is 23.5 Å². The van der Waals surface area contributed by atoms with E-state index in [-0.39, 0.29) is 35.4 Å². The molecule has 3 aromatic rings. The van der Waals surface area contributed by atoms with Crippen molar-refractivity contribution < 1.29 is 28.2 Å². The zero-order chi connectivity index (χ0) is 23.4. The van der Waals surface area contributed by atoms with Gasteiger partial charge in [-0.3, -0.25) is 9.59 Å². The number of hydrogen-bond acceptors (Lipinski definition) is 7. The third-order valence-corrected chi connectivity index (χ3v) is 5.73. The van der Waals surface area contributed by atoms with Crippen molar-refractivity contribution in [3.05, 3.63) is 64.0 Å². The number of carbonyl (C=O) groups excluding carboxylic acids is 2. The van der Waals surface area contributed by atoms with Crippen molar-refractivity contribution in [2.24, 2.45) is 5.92 Å². The lowest BCUT2D eigenvalue weighted by Gasteiger charge is -2.19. The molecule has 7 heteroatoms. The van der Waals surface area contributed by atoms with Gasteiger partial charge in [0, 0.05) is 6.07 Å². The first-order chi connectivity index (χ1) is 16.0. The number of rotatable bonds is 6. The zero-order valence-electron chi connectivity index (χ0n) is 18.7. The Kier molecular flexibility index (Phi) is 6.77. The average molecular weight is 450 g/mol. The van der Waals surface area contributed by atoms with Crippen LogP contribution in [0.3, 0.4) is 0 Å². The molecule has 0 radical (unpaired) electrons. The first kappa shape index (κ1) is 22.6. The molecule has 0 saturated heterocycles. The highest BCUT2D eigenvalue weighted by molar-refractivity contribution is 5.89. The molecule has 33 heavy (non-hydrogen) atoms. The summed E-state index contributed by atoms with van der Waals surface area (Å²) in [6.45, 7) is 3.65. The van der Waals surface area contributed by atoms with E-state index in [2.05, 4.69) is 0 Å². The molecule has 2 aromatic carbocycles. The topological polar surface area (TPSA) is 92.0 Å². The summed E-state index contributed by atoms with van der Waals surface area (Å²) in [7, 11) is 0. The second-order valence-electron chi connectivity index (χ2n) is 8.08. The summed E-state index contributed by atoms with van der Waals surface area (Å²) in [5, 5.41) is 0.316. The Morgan fingerprint density at radius 2 is 1.70 bits per heavy atom. The highest BCUT2D eigenvalue weighted by Crippen LogP contribution is 2.29. The second kappa shape index (κ2) is 9.90. The summed E-state index contributed by atoms with van der Waals surface area (Å²) in [6.07, 6.45) is 4.94. The average Bonchev–Trinajstić information content (AvgIpc) is 2.82. The highest BCUT2D eigenvalue weighted by atomic mass is 16.5. The van der Waals surface area contributed by atoms with Crippen molar-refractivity contribution in [3.8, 4) is 17.2 Å². The van der Waals surface area contributed by atoms with Crippen molar-refractivity contribution in [2.45, 2.75) is 46.0 Å². The molecular formula is C26H26O7. The van der Waals surface area contributed by atoms with Crippen LogP contribution in [0.25, 0.3) is 11.0 Å². The number of esters is 2. The predicted molar refractivity (Wildman–Crippen MR) is 122 cm³/mol. The van der Waals surface area contributed by atoms with Crippen LogP contribution in [-0.4, -0.2) is 18.5 Å². The normalized spacial score (nSPS) is 14.1. The third kappa shape index (κ3) is 5.08. The fourth-order valence-corrected chi connectivity index (χ4v) is 3.98. The fraction of sp³-hybridized carbons (Fsp3) is 0.346. The molecule has 1 fully saturated rings. The van der Waals surface area contributed by atoms with Crippen LogP contribution >= 0.6 is 0 Å². The molecular weight excluding hydrogens is 424 g/mol. The van der Waals surface area contributed by atoms with Crippen LogP contribution in [0.4, 0.5) is 0 Å². The molecule has 0 N–H and O–H groups in total. The van der Waals surface area contributed by atoms with Crippen molar-refractivity contribution >= 4 is 22.9 Å². The van der Waals surface area contributed by atoms with Crippen LogP contribution in [0.1, 0.15) is 55.1 Å². The Bertz CT molecular complexity index is 1220. The van der Waals surface area contributed by atoms with Gasteiger partial charge in [-0.25, -0.2) is 4.79 Å². The number of ether oxygens (including phenoxy) is 3. The molecule has 0 spiro atoms. The number of carbonyl (C=O) groups is 2. The summed E-state index contributed by atoms with van der Waals surface area (Å²) in [4.78, 5) is 37.3. The van der Waals surface area contributed by atoms with E-state index >= 15 is 0 Å². The van der Waals surface area contributed by atoms with Crippen LogP contribution in [0.15, 0.2) is 51.7 Å². The Balaban J connectivity index is 1.54. The van der Waals surface area contributed by atoms with Crippen molar-refractivity contribution in [2.75, 3.05) is 6.61 Å². The van der Waals surface area contributed by atoms with Gasteiger partial charge >= 0.3 is 11.9 Å². The summed E-state index contributed by atoms with van der Waals surface area (Å²) in [5.41, 5.74) is 0.367. The molecule has 1 heterocycles. The van der Waals surface area contributed by atoms with Crippen molar-refractivity contribution in [1.29, 1.82) is 0 Å². The Labute approximate surface area is 191 Å². The van der Waals surface area contributed by atoms with Gasteiger partial charge < -0.3 is 18.6 Å². The maximum Gasteiger partial charge on any atom is 0.338 e. The second-order valence-corrected chi connectivity index (χ2v) is 8.08. The van der Waals surface area contributed by atoms with Crippen molar-refractivity contribution in [1.82, 2.24) is 0 Å². The highest BCUT2D eigenvalue weighted by Gasteiger charge is 2.23. The number of benzene rings is 2. The smallest absolute Gasteiger partial charge is 0.338 e. The van der Waals surface area contributed by atoms with E-state index in [1.54, 1.807) is 56.3 Å². The summed E-state index contributed by atoms with van der Waals surface area (Å²) < 4.78 is 22.1. The molecule has 0 bridgehead atoms. The number of aryl methyl sites for hydroxylation is 1. The van der Waals surface area contributed by atoms with Gasteiger partial charge in [0.15, 0.2) is 0 Å². The Morgan fingerprint density at radius 1 is 1.00 bits per heavy atom. The minimum Gasteiger partial charge on any atom is -0.462 e. The van der Waals surface area contributed by atoms with Gasteiger partial charge in [0.2, 0.25) is 11.2 Å². The molecule has 4 rings (SSSR count). The van der Waals surface area contributed by atoms with Crippen LogP contribution in [-0.2, 0) is 9.53 Å². The number of hydrogen-bond donors (Lipinski definition) is 0. The molecule has 0 atom stereocenters. The minimum atomic E-state index is -0.426. The maximum atomic E-state index is 13.0. The molecule has 1 aliphatic rings. The first-order valence-corrected chi connectivity index (χ1v) is 11.2. The molecule has 1 aliphatic carbocycles. The number of fused-ring (bicyclic) bond motifs is 1. The van der Waals surface area contributed by atoms with Gasteiger partial charge in [0.1, 0.15) is 22.8 Å². The summed E-state index contributed by atoms with van der Waals surface area (Å²) >= 11 is 0. The minimum absolute atomic E-state index is 0.0540. The van der Waals surface area contributed by atoms with Gasteiger partial charge in [-0.05, 0) is 63.1 Å². The predicted octanol–water partition coefficient (Wildman–Crippen LogP) is 5.56. The lowest BCUT2D eigenvalue weighted by Crippen LogP contribution is -2.22. The van der Waals surface area contributed by atoms with E-state index in [1.165, 1.54) is 0 Å². The molecule has 0 aliphatic heterocycles. The summed E-state index contributed by atoms with van der Waals surface area (Å²) in [5.74, 6) is 0.342. The van der Waals surface area contributed by atoms with E-state index in [9.17, 15) is 14.4 Å². The third-order valence-electron chi connectivity index (χ3n) is 5.73. The molecule has 7 nitrogen and oxygen atoms in total. The SMILES string of the molecule is CCOC(=O)c1ccc(Oc2c(C)oc3cc(OC(=O)C4CCCCC4)ccc3c2=O)cc1. The Morgan fingerprint density at radius 3 is 2.39 bits per heavy atom. The van der Waals surface area contributed by atoms with Crippen LogP contribution in [0.5, 0.6) is 17.2 Å². The van der Waals surface area contributed by atoms with Gasteiger partial charge in [-0.15, -0.1) is 0 Å². The Hall–Kier alpha value is -3.61. The monoisotopic (exact) mass is 450 g/mol. The van der Waals surface area contributed by atoms with Crippen LogP contribution in [0.2, 0.25) is 0 Å². The molecule has 1 aromatic heterocycles. The quantitative estimate of drug-likeness (QED) is 0.359. The molecule has 0 unspecified atom stereocenters.